The molecular formula is C3H4F4O3S. The summed E-state index contributed by atoms with van der Waals surface area (Å²) in [6.07, 6.45) is -4.09. The fraction of sp³-hybridized carbons (Fsp3) is 1.00. The zero-order chi connectivity index (χ0) is 9.28. The van der Waals surface area contributed by atoms with Crippen LogP contribution in [0.5, 0.6) is 0 Å². The SMILES string of the molecule is O=S(=O)(O)CC(F)(F)C(F)F. The third kappa shape index (κ3) is 4.14. The molecule has 0 aliphatic carbocycles. The highest BCUT2D eigenvalue weighted by molar-refractivity contribution is 7.85. The van der Waals surface area contributed by atoms with Crippen LogP contribution in [0.15, 0.2) is 0 Å². The summed E-state index contributed by atoms with van der Waals surface area (Å²) in [5, 5.41) is 0. The van der Waals surface area contributed by atoms with Crippen LogP contribution in [-0.4, -0.2) is 31.1 Å². The Labute approximate surface area is 59.8 Å². The number of rotatable bonds is 3. The molecule has 0 spiro atoms. The van der Waals surface area contributed by atoms with Crippen molar-refractivity contribution >= 4 is 10.1 Å². The molecule has 68 valence electrons. The van der Waals surface area contributed by atoms with Gasteiger partial charge in [0.15, 0.2) is 0 Å². The van der Waals surface area contributed by atoms with E-state index in [1.54, 1.807) is 0 Å². The molecular weight excluding hydrogens is 192 g/mol. The van der Waals surface area contributed by atoms with Gasteiger partial charge in [-0.1, -0.05) is 0 Å². The Bertz CT molecular complexity index is 221. The Kier molecular flexibility index (Phi) is 2.84. The fourth-order valence-corrected chi connectivity index (χ4v) is 0.919. The van der Waals surface area contributed by atoms with Crippen LogP contribution in [-0.2, 0) is 10.1 Å². The van der Waals surface area contributed by atoms with Crippen LogP contribution in [0.1, 0.15) is 0 Å². The highest BCUT2D eigenvalue weighted by Crippen LogP contribution is 2.23. The van der Waals surface area contributed by atoms with Gasteiger partial charge in [-0.15, -0.1) is 0 Å². The molecule has 0 aliphatic heterocycles. The van der Waals surface area contributed by atoms with E-state index in [9.17, 15) is 26.0 Å². The van der Waals surface area contributed by atoms with Crippen molar-refractivity contribution in [3.8, 4) is 0 Å². The molecule has 0 aromatic rings. The summed E-state index contributed by atoms with van der Waals surface area (Å²) in [7, 11) is -5.06. The van der Waals surface area contributed by atoms with E-state index in [0.29, 0.717) is 0 Å². The minimum atomic E-state index is -5.06. The molecule has 0 fully saturated rings. The average Bonchev–Trinajstić information content (AvgIpc) is 1.56. The van der Waals surface area contributed by atoms with Gasteiger partial charge in [-0.2, -0.15) is 17.2 Å². The van der Waals surface area contributed by atoms with E-state index in [0.717, 1.165) is 0 Å². The second-order valence-electron chi connectivity index (χ2n) is 1.79. The third-order valence-electron chi connectivity index (χ3n) is 0.694. The largest absolute Gasteiger partial charge is 0.323 e. The van der Waals surface area contributed by atoms with E-state index in [4.69, 9.17) is 4.55 Å². The van der Waals surface area contributed by atoms with Crippen molar-refractivity contribution in [2.24, 2.45) is 0 Å². The number of alkyl halides is 4. The first-order valence-corrected chi connectivity index (χ1v) is 3.87. The Balaban J connectivity index is 4.38. The molecule has 0 amide bonds. The second kappa shape index (κ2) is 2.94. The van der Waals surface area contributed by atoms with E-state index in [1.165, 1.54) is 0 Å². The predicted molar refractivity (Wildman–Crippen MR) is 27.4 cm³/mol. The summed E-state index contributed by atoms with van der Waals surface area (Å²) < 4.78 is 73.1. The molecule has 0 saturated carbocycles. The van der Waals surface area contributed by atoms with Gasteiger partial charge in [-0.25, -0.2) is 8.78 Å². The van der Waals surface area contributed by atoms with Crippen molar-refractivity contribution in [3.63, 3.8) is 0 Å². The van der Waals surface area contributed by atoms with Crippen LogP contribution in [0.25, 0.3) is 0 Å². The maximum absolute atomic E-state index is 11.8. The summed E-state index contributed by atoms with van der Waals surface area (Å²) in [6, 6.07) is 0. The standard InChI is InChI=1S/C3H4F4O3S/c4-2(5)3(6,7)1-11(8,9)10/h2H,1H2,(H,8,9,10). The maximum atomic E-state index is 11.8. The smallest absolute Gasteiger partial charge is 0.285 e. The van der Waals surface area contributed by atoms with Gasteiger partial charge in [0.25, 0.3) is 10.1 Å². The van der Waals surface area contributed by atoms with Crippen LogP contribution in [0, 0.1) is 0 Å². The van der Waals surface area contributed by atoms with E-state index < -0.39 is 28.2 Å². The topological polar surface area (TPSA) is 54.4 Å². The third-order valence-corrected chi connectivity index (χ3v) is 1.44. The summed E-state index contributed by atoms with van der Waals surface area (Å²) in [5.74, 6) is -6.94. The van der Waals surface area contributed by atoms with Crippen LogP contribution in [0.2, 0.25) is 0 Å². The maximum Gasteiger partial charge on any atom is 0.323 e. The number of hydrogen-bond donors (Lipinski definition) is 1. The van der Waals surface area contributed by atoms with E-state index >= 15 is 0 Å². The van der Waals surface area contributed by atoms with Crippen molar-refractivity contribution in [1.82, 2.24) is 0 Å². The monoisotopic (exact) mass is 196 g/mol. The van der Waals surface area contributed by atoms with Crippen LogP contribution < -0.4 is 0 Å². The van der Waals surface area contributed by atoms with Gasteiger partial charge in [-0.05, 0) is 0 Å². The van der Waals surface area contributed by atoms with Gasteiger partial charge in [0.2, 0.25) is 0 Å². The number of halogens is 4. The lowest BCUT2D eigenvalue weighted by atomic mass is 10.4. The highest BCUT2D eigenvalue weighted by atomic mass is 32.2. The van der Waals surface area contributed by atoms with E-state index in [1.807, 2.05) is 0 Å². The van der Waals surface area contributed by atoms with Gasteiger partial charge in [0, 0.05) is 0 Å². The first-order chi connectivity index (χ1) is 4.65. The Morgan fingerprint density at radius 3 is 1.82 bits per heavy atom. The zero-order valence-electron chi connectivity index (χ0n) is 4.97. The molecule has 8 heteroatoms. The summed E-state index contributed by atoms with van der Waals surface area (Å²) in [5.41, 5.74) is 0. The molecule has 0 atom stereocenters. The van der Waals surface area contributed by atoms with Gasteiger partial charge in [-0.3, -0.25) is 4.55 Å². The Morgan fingerprint density at radius 2 is 1.73 bits per heavy atom. The van der Waals surface area contributed by atoms with Crippen LogP contribution >= 0.6 is 0 Å². The van der Waals surface area contributed by atoms with Crippen molar-refractivity contribution in [1.29, 1.82) is 0 Å². The molecule has 0 rings (SSSR count). The minimum Gasteiger partial charge on any atom is -0.285 e. The van der Waals surface area contributed by atoms with Gasteiger partial charge < -0.3 is 0 Å². The molecule has 0 unspecified atom stereocenters. The number of hydrogen-bond acceptors (Lipinski definition) is 2. The van der Waals surface area contributed by atoms with Gasteiger partial charge in [0.1, 0.15) is 5.75 Å². The van der Waals surface area contributed by atoms with Crippen molar-refractivity contribution < 1.29 is 30.5 Å². The highest BCUT2D eigenvalue weighted by Gasteiger charge is 2.44. The van der Waals surface area contributed by atoms with Crippen LogP contribution in [0.3, 0.4) is 0 Å². The molecule has 0 bridgehead atoms. The molecule has 3 nitrogen and oxygen atoms in total. The predicted octanol–water partition coefficient (Wildman–Crippen LogP) is 0.775. The second-order valence-corrected chi connectivity index (χ2v) is 3.24. The van der Waals surface area contributed by atoms with Crippen molar-refractivity contribution in [2.75, 3.05) is 5.75 Å². The normalized spacial score (nSPS) is 14.0. The molecule has 0 saturated heterocycles. The summed E-state index contributed by atoms with van der Waals surface area (Å²) in [4.78, 5) is 0. The molecule has 0 radical (unpaired) electrons. The van der Waals surface area contributed by atoms with Gasteiger partial charge in [0.05, 0.1) is 0 Å². The summed E-state index contributed by atoms with van der Waals surface area (Å²) in [6.45, 7) is 0. The quantitative estimate of drug-likeness (QED) is 0.536. The Morgan fingerprint density at radius 1 is 1.36 bits per heavy atom. The lowest BCUT2D eigenvalue weighted by molar-refractivity contribution is -0.111. The molecule has 0 aliphatic rings. The first-order valence-electron chi connectivity index (χ1n) is 2.26. The van der Waals surface area contributed by atoms with Crippen molar-refractivity contribution in [2.45, 2.75) is 12.3 Å². The first kappa shape index (κ1) is 10.6. The lowest BCUT2D eigenvalue weighted by Crippen LogP contribution is -2.34. The van der Waals surface area contributed by atoms with Crippen molar-refractivity contribution in [3.05, 3.63) is 0 Å². The lowest BCUT2D eigenvalue weighted by Gasteiger charge is -2.11. The zero-order valence-corrected chi connectivity index (χ0v) is 5.78. The minimum absolute atomic E-state index is 2.25. The molecule has 0 heterocycles. The van der Waals surface area contributed by atoms with Gasteiger partial charge >= 0.3 is 12.3 Å². The fourth-order valence-electron chi connectivity index (χ4n) is 0.306. The molecule has 11 heavy (non-hydrogen) atoms. The molecule has 0 aromatic heterocycles. The Hall–Kier alpha value is -0.370. The van der Waals surface area contributed by atoms with E-state index in [2.05, 4.69) is 0 Å². The molecule has 0 aromatic carbocycles. The van der Waals surface area contributed by atoms with Crippen LogP contribution in [0.4, 0.5) is 17.6 Å². The molecule has 1 N–H and O–H groups in total. The van der Waals surface area contributed by atoms with E-state index in [-0.39, 0.29) is 0 Å². The summed E-state index contributed by atoms with van der Waals surface area (Å²) >= 11 is 0. The average molecular weight is 196 g/mol.